The van der Waals surface area contributed by atoms with Gasteiger partial charge in [-0.3, -0.25) is 0 Å². The Hall–Kier alpha value is -0.780. The molecule has 3 N–H and O–H groups in total. The van der Waals surface area contributed by atoms with Crippen LogP contribution in [0.1, 0.15) is 11.6 Å². The Bertz CT molecular complexity index is 325. The van der Waals surface area contributed by atoms with Gasteiger partial charge in [-0.15, -0.1) is 0 Å². The number of aliphatic hydroxyl groups excluding tert-OH is 1. The Morgan fingerprint density at radius 1 is 1.20 bits per heavy atom. The average Bonchev–Trinajstić information content (AvgIpc) is 2.15. The Balaban J connectivity index is 2.85. The maximum absolute atomic E-state index is 12.1. The first-order valence-corrected chi connectivity index (χ1v) is 4.46. The Morgan fingerprint density at radius 3 is 2.07 bits per heavy atom. The summed E-state index contributed by atoms with van der Waals surface area (Å²) in [6, 6.07) is 4.03. The van der Waals surface area contributed by atoms with Gasteiger partial charge in [-0.2, -0.15) is 13.2 Å². The van der Waals surface area contributed by atoms with E-state index in [1.165, 1.54) is 24.3 Å². The van der Waals surface area contributed by atoms with Crippen LogP contribution in [0.4, 0.5) is 13.2 Å². The molecule has 84 valence electrons. The summed E-state index contributed by atoms with van der Waals surface area (Å²) in [6.45, 7) is 0. The molecule has 0 amide bonds. The van der Waals surface area contributed by atoms with Crippen molar-refractivity contribution in [1.29, 1.82) is 0 Å². The second kappa shape index (κ2) is 4.38. The summed E-state index contributed by atoms with van der Waals surface area (Å²) >= 11 is 5.56. The third-order valence-corrected chi connectivity index (χ3v) is 2.18. The van der Waals surface area contributed by atoms with Gasteiger partial charge in [0.25, 0.3) is 0 Å². The summed E-state index contributed by atoms with van der Waals surface area (Å²) in [4.78, 5) is 0. The van der Waals surface area contributed by atoms with Crippen molar-refractivity contribution in [2.24, 2.45) is 5.73 Å². The molecule has 0 saturated carbocycles. The molecule has 1 aromatic carbocycles. The lowest BCUT2D eigenvalue weighted by molar-refractivity contribution is -0.210. The van der Waals surface area contributed by atoms with Gasteiger partial charge in [-0.25, -0.2) is 0 Å². The number of halogens is 4. The van der Waals surface area contributed by atoms with Crippen molar-refractivity contribution in [2.75, 3.05) is 0 Å². The van der Waals surface area contributed by atoms with Crippen molar-refractivity contribution in [3.8, 4) is 0 Å². The molecule has 0 bridgehead atoms. The molecule has 0 aliphatic carbocycles. The predicted molar refractivity (Wildman–Crippen MR) is 50.4 cm³/mol. The van der Waals surface area contributed by atoms with Gasteiger partial charge in [-0.05, 0) is 17.7 Å². The summed E-state index contributed by atoms with van der Waals surface area (Å²) in [5.41, 5.74) is 5.45. The topological polar surface area (TPSA) is 46.2 Å². The number of aliphatic hydroxyl groups is 1. The van der Waals surface area contributed by atoms with E-state index in [9.17, 15) is 13.2 Å². The number of benzene rings is 1. The smallest absolute Gasteiger partial charge is 0.382 e. The van der Waals surface area contributed by atoms with Gasteiger partial charge < -0.3 is 10.8 Å². The second-order valence-electron chi connectivity index (χ2n) is 3.06. The zero-order valence-electron chi connectivity index (χ0n) is 7.50. The van der Waals surface area contributed by atoms with Crippen molar-refractivity contribution in [2.45, 2.75) is 18.3 Å². The zero-order chi connectivity index (χ0) is 11.6. The lowest BCUT2D eigenvalue weighted by atomic mass is 10.0. The van der Waals surface area contributed by atoms with Crippen molar-refractivity contribution in [3.63, 3.8) is 0 Å². The molecule has 0 spiro atoms. The van der Waals surface area contributed by atoms with Gasteiger partial charge in [0.05, 0.1) is 6.04 Å². The van der Waals surface area contributed by atoms with E-state index in [1.54, 1.807) is 0 Å². The molecule has 2 atom stereocenters. The quantitative estimate of drug-likeness (QED) is 0.832. The summed E-state index contributed by atoms with van der Waals surface area (Å²) in [6.07, 6.45) is -7.29. The maximum Gasteiger partial charge on any atom is 0.416 e. The molecule has 0 saturated heterocycles. The molecule has 0 aliphatic heterocycles. The first-order valence-electron chi connectivity index (χ1n) is 4.08. The second-order valence-corrected chi connectivity index (χ2v) is 3.50. The highest BCUT2D eigenvalue weighted by Crippen LogP contribution is 2.28. The first-order chi connectivity index (χ1) is 6.82. The fraction of sp³-hybridized carbons (Fsp3) is 0.333. The zero-order valence-corrected chi connectivity index (χ0v) is 8.26. The van der Waals surface area contributed by atoms with E-state index in [0.717, 1.165) is 0 Å². The number of rotatable bonds is 2. The molecule has 2 nitrogen and oxygen atoms in total. The van der Waals surface area contributed by atoms with Crippen LogP contribution in [-0.2, 0) is 0 Å². The molecule has 0 unspecified atom stereocenters. The summed E-state index contributed by atoms with van der Waals surface area (Å²) < 4.78 is 36.3. The van der Waals surface area contributed by atoms with E-state index in [-0.39, 0.29) is 5.56 Å². The third-order valence-electron chi connectivity index (χ3n) is 1.93. The van der Waals surface area contributed by atoms with Gasteiger partial charge in [0, 0.05) is 5.02 Å². The minimum absolute atomic E-state index is 0.184. The predicted octanol–water partition coefficient (Wildman–Crippen LogP) is 2.26. The highest BCUT2D eigenvalue weighted by molar-refractivity contribution is 6.30. The first kappa shape index (κ1) is 12.3. The third kappa shape index (κ3) is 3.09. The molecule has 0 aliphatic rings. The van der Waals surface area contributed by atoms with Crippen LogP contribution >= 0.6 is 11.6 Å². The van der Waals surface area contributed by atoms with E-state index < -0.39 is 18.3 Å². The van der Waals surface area contributed by atoms with Crippen molar-refractivity contribution in [1.82, 2.24) is 0 Å². The molecule has 0 fully saturated rings. The van der Waals surface area contributed by atoms with E-state index in [2.05, 4.69) is 0 Å². The fourth-order valence-electron chi connectivity index (χ4n) is 1.07. The summed E-state index contributed by atoms with van der Waals surface area (Å²) in [5.74, 6) is 0. The Labute approximate surface area is 89.5 Å². The van der Waals surface area contributed by atoms with Crippen molar-refractivity contribution < 1.29 is 18.3 Å². The van der Waals surface area contributed by atoms with E-state index in [4.69, 9.17) is 22.4 Å². The molecule has 1 rings (SSSR count). The van der Waals surface area contributed by atoms with Crippen LogP contribution in [-0.4, -0.2) is 17.4 Å². The van der Waals surface area contributed by atoms with Crippen LogP contribution in [0.25, 0.3) is 0 Å². The van der Waals surface area contributed by atoms with E-state index in [1.807, 2.05) is 0 Å². The number of hydrogen-bond acceptors (Lipinski definition) is 2. The summed E-state index contributed by atoms with van der Waals surface area (Å²) in [5, 5.41) is 9.29. The minimum atomic E-state index is -4.72. The highest BCUT2D eigenvalue weighted by Gasteiger charge is 2.42. The highest BCUT2D eigenvalue weighted by atomic mass is 35.5. The van der Waals surface area contributed by atoms with Gasteiger partial charge in [0.2, 0.25) is 0 Å². The maximum atomic E-state index is 12.1. The Morgan fingerprint density at radius 2 is 1.67 bits per heavy atom. The minimum Gasteiger partial charge on any atom is -0.382 e. The molecule has 0 heterocycles. The van der Waals surface area contributed by atoms with E-state index >= 15 is 0 Å². The average molecular weight is 240 g/mol. The lowest BCUT2D eigenvalue weighted by Gasteiger charge is -2.21. The molecule has 0 aromatic heterocycles. The van der Waals surface area contributed by atoms with Gasteiger partial charge in [-0.1, -0.05) is 23.7 Å². The van der Waals surface area contributed by atoms with Crippen molar-refractivity contribution >= 4 is 11.6 Å². The number of alkyl halides is 3. The van der Waals surface area contributed by atoms with Crippen LogP contribution in [0.3, 0.4) is 0 Å². The lowest BCUT2D eigenvalue weighted by Crippen LogP contribution is -2.38. The van der Waals surface area contributed by atoms with Crippen LogP contribution in [0, 0.1) is 0 Å². The van der Waals surface area contributed by atoms with Crippen LogP contribution in [0.2, 0.25) is 5.02 Å². The number of hydrogen-bond donors (Lipinski definition) is 2. The van der Waals surface area contributed by atoms with Crippen LogP contribution < -0.4 is 5.73 Å². The van der Waals surface area contributed by atoms with Gasteiger partial charge >= 0.3 is 6.18 Å². The SMILES string of the molecule is N[C@@H](c1ccc(Cl)cc1)[C@H](O)C(F)(F)F. The van der Waals surface area contributed by atoms with E-state index in [0.29, 0.717) is 5.02 Å². The molecule has 15 heavy (non-hydrogen) atoms. The molecule has 6 heteroatoms. The standard InChI is InChI=1S/C9H9ClF3NO/c10-6-3-1-5(2-4-6)7(14)8(15)9(11,12)13/h1-4,7-8,15H,14H2/t7-,8-/m0/s1. The largest absolute Gasteiger partial charge is 0.416 e. The fourth-order valence-corrected chi connectivity index (χ4v) is 1.20. The molecular weight excluding hydrogens is 231 g/mol. The van der Waals surface area contributed by atoms with Crippen LogP contribution in [0.15, 0.2) is 24.3 Å². The number of nitrogens with two attached hydrogens (primary N) is 1. The van der Waals surface area contributed by atoms with Crippen molar-refractivity contribution in [3.05, 3.63) is 34.9 Å². The van der Waals surface area contributed by atoms with Crippen LogP contribution in [0.5, 0.6) is 0 Å². The normalized spacial score (nSPS) is 16.1. The Kier molecular flexibility index (Phi) is 3.59. The van der Waals surface area contributed by atoms with Gasteiger partial charge in [0.15, 0.2) is 6.10 Å². The molecular formula is C9H9ClF3NO. The molecule has 0 radical (unpaired) electrons. The monoisotopic (exact) mass is 239 g/mol. The summed E-state index contributed by atoms with van der Waals surface area (Å²) in [7, 11) is 0. The van der Waals surface area contributed by atoms with Gasteiger partial charge in [0.1, 0.15) is 0 Å². The molecule has 1 aromatic rings.